The summed E-state index contributed by atoms with van der Waals surface area (Å²) >= 11 is 1.52. The Morgan fingerprint density at radius 2 is 1.88 bits per heavy atom. The number of nitrogens with zero attached hydrogens (tertiary/aromatic N) is 4. The number of aryl methyl sites for hydroxylation is 3. The van der Waals surface area contributed by atoms with Crippen LogP contribution in [0.3, 0.4) is 0 Å². The van der Waals surface area contributed by atoms with Crippen molar-refractivity contribution in [3.05, 3.63) is 77.4 Å². The van der Waals surface area contributed by atoms with Crippen LogP contribution in [-0.4, -0.2) is 40.1 Å². The molecular weight excluding hydrogens is 424 g/mol. The van der Waals surface area contributed by atoms with Gasteiger partial charge in [0.15, 0.2) is 5.13 Å². The zero-order valence-electron chi connectivity index (χ0n) is 18.2. The van der Waals surface area contributed by atoms with Crippen LogP contribution in [0.1, 0.15) is 38.3 Å². The number of fused-ring (bicyclic) bond motifs is 1. The summed E-state index contributed by atoms with van der Waals surface area (Å²) in [4.78, 5) is 35.8. The summed E-state index contributed by atoms with van der Waals surface area (Å²) in [6, 6.07) is 10.7. The number of imidazole rings is 1. The Morgan fingerprint density at radius 1 is 1.12 bits per heavy atom. The first kappa shape index (κ1) is 21.7. The van der Waals surface area contributed by atoms with Crippen molar-refractivity contribution in [3.8, 4) is 0 Å². The van der Waals surface area contributed by atoms with E-state index in [0.717, 1.165) is 34.3 Å². The molecular formula is C24H24N4O3S. The number of carbonyl (C=O) groups excluding carboxylic acids is 2. The molecule has 2 aromatic heterocycles. The standard InChI is InChI=1S/C24H24N4O3S/c1-16-13-17(2)21-20(14-16)26-24(32-21)28(11-4-10-27-12-9-25-15-27)22(29)18-5-7-19(8-6-18)23(30)31-3/h5-9,12-15H,4,10-11H2,1-3H3. The first-order valence-corrected chi connectivity index (χ1v) is 11.1. The van der Waals surface area contributed by atoms with Crippen molar-refractivity contribution < 1.29 is 14.3 Å². The summed E-state index contributed by atoms with van der Waals surface area (Å²) in [7, 11) is 1.33. The number of anilines is 1. The van der Waals surface area contributed by atoms with Crippen LogP contribution in [0.15, 0.2) is 55.1 Å². The predicted octanol–water partition coefficient (Wildman–Crippen LogP) is 4.63. The number of carbonyl (C=O) groups is 2. The van der Waals surface area contributed by atoms with E-state index in [2.05, 4.69) is 18.0 Å². The smallest absolute Gasteiger partial charge is 0.337 e. The summed E-state index contributed by atoms with van der Waals surface area (Å²) in [5.41, 5.74) is 4.09. The largest absolute Gasteiger partial charge is 0.465 e. The van der Waals surface area contributed by atoms with Crippen LogP contribution in [-0.2, 0) is 11.3 Å². The van der Waals surface area contributed by atoms with Gasteiger partial charge >= 0.3 is 5.97 Å². The number of methoxy groups -OCH3 is 1. The van der Waals surface area contributed by atoms with Crippen molar-refractivity contribution in [3.63, 3.8) is 0 Å². The lowest BCUT2D eigenvalue weighted by atomic mass is 10.1. The summed E-state index contributed by atoms with van der Waals surface area (Å²) < 4.78 is 7.81. The molecule has 0 unspecified atom stereocenters. The topological polar surface area (TPSA) is 77.3 Å². The lowest BCUT2D eigenvalue weighted by molar-refractivity contribution is 0.0600. The van der Waals surface area contributed by atoms with E-state index in [-0.39, 0.29) is 5.91 Å². The van der Waals surface area contributed by atoms with Crippen LogP contribution in [0.5, 0.6) is 0 Å². The molecule has 4 aromatic rings. The zero-order chi connectivity index (χ0) is 22.7. The predicted molar refractivity (Wildman–Crippen MR) is 125 cm³/mol. The maximum Gasteiger partial charge on any atom is 0.337 e. The average Bonchev–Trinajstić information content (AvgIpc) is 3.46. The van der Waals surface area contributed by atoms with Crippen molar-refractivity contribution >= 4 is 38.6 Å². The molecule has 0 saturated carbocycles. The van der Waals surface area contributed by atoms with Gasteiger partial charge in [0.25, 0.3) is 5.91 Å². The fourth-order valence-corrected chi connectivity index (χ4v) is 4.66. The fourth-order valence-electron chi connectivity index (χ4n) is 3.62. The summed E-state index contributed by atoms with van der Waals surface area (Å²) in [5.74, 6) is -0.585. The van der Waals surface area contributed by atoms with Gasteiger partial charge in [-0.05, 0) is 61.7 Å². The minimum atomic E-state index is -0.432. The Morgan fingerprint density at radius 3 is 2.56 bits per heavy atom. The van der Waals surface area contributed by atoms with Gasteiger partial charge in [-0.15, -0.1) is 0 Å². The van der Waals surface area contributed by atoms with E-state index < -0.39 is 5.97 Å². The molecule has 0 aliphatic heterocycles. The van der Waals surface area contributed by atoms with Crippen molar-refractivity contribution in [1.82, 2.24) is 14.5 Å². The third-order valence-corrected chi connectivity index (χ3v) is 6.42. The molecule has 164 valence electrons. The van der Waals surface area contributed by atoms with E-state index in [1.165, 1.54) is 18.4 Å². The maximum atomic E-state index is 13.5. The third kappa shape index (κ3) is 4.55. The molecule has 1 amide bonds. The van der Waals surface area contributed by atoms with Crippen LogP contribution in [0.25, 0.3) is 10.2 Å². The molecule has 0 aliphatic carbocycles. The highest BCUT2D eigenvalue weighted by Crippen LogP contribution is 2.33. The van der Waals surface area contributed by atoms with Crippen LogP contribution < -0.4 is 4.90 Å². The highest BCUT2D eigenvalue weighted by molar-refractivity contribution is 7.22. The minimum Gasteiger partial charge on any atom is -0.465 e. The van der Waals surface area contributed by atoms with Gasteiger partial charge in [0, 0.05) is 31.0 Å². The average molecular weight is 449 g/mol. The van der Waals surface area contributed by atoms with Gasteiger partial charge in [-0.1, -0.05) is 17.4 Å². The summed E-state index contributed by atoms with van der Waals surface area (Å²) in [5, 5.41) is 0.668. The lowest BCUT2D eigenvalue weighted by Gasteiger charge is -2.20. The monoisotopic (exact) mass is 448 g/mol. The van der Waals surface area contributed by atoms with Crippen molar-refractivity contribution in [2.75, 3.05) is 18.6 Å². The van der Waals surface area contributed by atoms with Gasteiger partial charge in [-0.2, -0.15) is 0 Å². The number of hydrogen-bond donors (Lipinski definition) is 0. The third-order valence-electron chi connectivity index (χ3n) is 5.20. The SMILES string of the molecule is COC(=O)c1ccc(C(=O)N(CCCn2ccnc2)c2nc3cc(C)cc(C)c3s2)cc1. The van der Waals surface area contributed by atoms with E-state index in [1.807, 2.05) is 23.8 Å². The Hall–Kier alpha value is -3.52. The number of rotatable bonds is 7. The quantitative estimate of drug-likeness (QED) is 0.385. The molecule has 0 fully saturated rings. The van der Waals surface area contributed by atoms with Gasteiger partial charge in [0.05, 0.1) is 29.2 Å². The molecule has 32 heavy (non-hydrogen) atoms. The fraction of sp³-hybridized carbons (Fsp3) is 0.250. The highest BCUT2D eigenvalue weighted by atomic mass is 32.1. The Bertz CT molecular complexity index is 1250. The molecule has 2 heterocycles. The minimum absolute atomic E-state index is 0.152. The van der Waals surface area contributed by atoms with Crippen molar-refractivity contribution in [2.45, 2.75) is 26.8 Å². The number of esters is 1. The maximum absolute atomic E-state index is 13.5. The molecule has 8 heteroatoms. The normalized spacial score (nSPS) is 11.0. The molecule has 2 aromatic carbocycles. The molecule has 7 nitrogen and oxygen atoms in total. The summed E-state index contributed by atoms with van der Waals surface area (Å²) in [6.45, 7) is 5.36. The van der Waals surface area contributed by atoms with Gasteiger partial charge in [0.2, 0.25) is 0 Å². The zero-order valence-corrected chi connectivity index (χ0v) is 19.1. The molecule has 0 saturated heterocycles. The van der Waals surface area contributed by atoms with Crippen LogP contribution in [0.2, 0.25) is 0 Å². The molecule has 0 spiro atoms. The summed E-state index contributed by atoms with van der Waals surface area (Å²) in [6.07, 6.45) is 6.16. The van der Waals surface area contributed by atoms with Crippen molar-refractivity contribution in [2.24, 2.45) is 0 Å². The number of hydrogen-bond acceptors (Lipinski definition) is 6. The van der Waals surface area contributed by atoms with Crippen LogP contribution in [0.4, 0.5) is 5.13 Å². The Labute approximate surface area is 190 Å². The van der Waals surface area contributed by atoms with E-state index >= 15 is 0 Å². The van der Waals surface area contributed by atoms with Gasteiger partial charge < -0.3 is 9.30 Å². The number of thiazole rings is 1. The molecule has 4 rings (SSSR count). The van der Waals surface area contributed by atoms with Crippen LogP contribution in [0, 0.1) is 13.8 Å². The molecule has 0 bridgehead atoms. The second kappa shape index (κ2) is 9.32. The van der Waals surface area contributed by atoms with E-state index in [1.54, 1.807) is 41.7 Å². The number of benzene rings is 2. The van der Waals surface area contributed by atoms with Gasteiger partial charge in [0.1, 0.15) is 0 Å². The first-order chi connectivity index (χ1) is 15.5. The number of aromatic nitrogens is 3. The Balaban J connectivity index is 1.64. The van der Waals surface area contributed by atoms with E-state index in [9.17, 15) is 9.59 Å². The molecule has 0 radical (unpaired) electrons. The molecule has 0 N–H and O–H groups in total. The van der Waals surface area contributed by atoms with Crippen molar-refractivity contribution in [1.29, 1.82) is 0 Å². The first-order valence-electron chi connectivity index (χ1n) is 10.3. The highest BCUT2D eigenvalue weighted by Gasteiger charge is 2.22. The number of amides is 1. The van der Waals surface area contributed by atoms with E-state index in [4.69, 9.17) is 9.72 Å². The lowest BCUT2D eigenvalue weighted by Crippen LogP contribution is -2.32. The molecule has 0 aliphatic rings. The second-order valence-electron chi connectivity index (χ2n) is 7.61. The van der Waals surface area contributed by atoms with Crippen LogP contribution >= 0.6 is 11.3 Å². The Kier molecular flexibility index (Phi) is 6.32. The van der Waals surface area contributed by atoms with Gasteiger partial charge in [-0.3, -0.25) is 9.69 Å². The molecule has 0 atom stereocenters. The number of ether oxygens (including phenoxy) is 1. The van der Waals surface area contributed by atoms with Gasteiger partial charge in [-0.25, -0.2) is 14.8 Å². The van der Waals surface area contributed by atoms with E-state index in [0.29, 0.717) is 22.8 Å². The second-order valence-corrected chi connectivity index (χ2v) is 8.58.